The van der Waals surface area contributed by atoms with Crippen LogP contribution in [-0.4, -0.2) is 19.5 Å². The van der Waals surface area contributed by atoms with Crippen molar-refractivity contribution in [2.45, 2.75) is 6.92 Å². The number of allylic oxidation sites excluding steroid dienone is 2. The molecule has 0 heterocycles. The minimum atomic E-state index is 1.29. The molecule has 0 bridgehead atoms. The van der Waals surface area contributed by atoms with Crippen LogP contribution in [0, 0.1) is 0 Å². The molecule has 0 aromatic rings. The van der Waals surface area contributed by atoms with Gasteiger partial charge in [0, 0.05) is 13.3 Å². The van der Waals surface area contributed by atoms with Crippen molar-refractivity contribution >= 4 is 18.0 Å². The molecule has 0 aliphatic carbocycles. The molecule has 0 aromatic carbocycles. The van der Waals surface area contributed by atoms with E-state index < -0.39 is 0 Å². The molecule has 0 amide bonds. The third kappa shape index (κ3) is 3.93. The van der Waals surface area contributed by atoms with Crippen molar-refractivity contribution in [3.63, 3.8) is 0 Å². The van der Waals surface area contributed by atoms with Gasteiger partial charge in [-0.25, -0.2) is 0 Å². The molecule has 0 spiro atoms. The summed E-state index contributed by atoms with van der Waals surface area (Å²) in [5.74, 6) is 0. The zero-order valence-corrected chi connectivity index (χ0v) is 6.33. The fourth-order valence-electron chi connectivity index (χ4n) is 0.248. The summed E-state index contributed by atoms with van der Waals surface area (Å²) < 4.78 is 0. The van der Waals surface area contributed by atoms with Crippen LogP contribution in [0.15, 0.2) is 16.0 Å². The maximum Gasteiger partial charge on any atom is 0.0277 e. The summed E-state index contributed by atoms with van der Waals surface area (Å²) >= 11 is 1.73. The highest BCUT2D eigenvalue weighted by molar-refractivity contribution is 8.02. The standard InChI is InChI=1S/C6H11NS/c1-6(8-3)4-5-7-2/h4-5H,1-3H3/b6-4+,7-5?. The Kier molecular flexibility index (Phi) is 4.76. The molecule has 0 N–H and O–H groups in total. The van der Waals surface area contributed by atoms with Crippen LogP contribution < -0.4 is 0 Å². The fraction of sp³-hybridized carbons (Fsp3) is 0.500. The minimum Gasteiger partial charge on any atom is -0.296 e. The lowest BCUT2D eigenvalue weighted by atomic mass is 10.5. The van der Waals surface area contributed by atoms with Crippen LogP contribution in [0.4, 0.5) is 0 Å². The molecular formula is C6H11NS. The Balaban J connectivity index is 3.57. The van der Waals surface area contributed by atoms with Crippen LogP contribution in [-0.2, 0) is 0 Å². The van der Waals surface area contributed by atoms with E-state index >= 15 is 0 Å². The first-order valence-electron chi connectivity index (χ1n) is 2.44. The van der Waals surface area contributed by atoms with Gasteiger partial charge < -0.3 is 0 Å². The molecule has 0 saturated carbocycles. The molecule has 0 aliphatic heterocycles. The van der Waals surface area contributed by atoms with Gasteiger partial charge in [0.25, 0.3) is 0 Å². The summed E-state index contributed by atoms with van der Waals surface area (Å²) in [4.78, 5) is 5.10. The normalized spacial score (nSPS) is 13.1. The smallest absolute Gasteiger partial charge is 0.0277 e. The Morgan fingerprint density at radius 2 is 2.25 bits per heavy atom. The van der Waals surface area contributed by atoms with Gasteiger partial charge in [0.05, 0.1) is 0 Å². The zero-order chi connectivity index (χ0) is 6.41. The second-order valence-electron chi connectivity index (χ2n) is 1.39. The van der Waals surface area contributed by atoms with Gasteiger partial charge in [0.2, 0.25) is 0 Å². The molecule has 0 radical (unpaired) electrons. The van der Waals surface area contributed by atoms with Gasteiger partial charge in [-0.05, 0) is 24.2 Å². The Hall–Kier alpha value is -0.240. The molecule has 2 heteroatoms. The summed E-state index contributed by atoms with van der Waals surface area (Å²) in [5.41, 5.74) is 0. The van der Waals surface area contributed by atoms with E-state index in [0.29, 0.717) is 0 Å². The SMILES string of the molecule is CN=C/C=C(\C)SC. The van der Waals surface area contributed by atoms with E-state index in [0.717, 1.165) is 0 Å². The monoisotopic (exact) mass is 129 g/mol. The maximum absolute atomic E-state index is 3.81. The largest absolute Gasteiger partial charge is 0.296 e. The molecule has 0 fully saturated rings. The molecule has 0 aromatic heterocycles. The molecule has 0 unspecified atom stereocenters. The fourth-order valence-corrected chi connectivity index (χ4v) is 0.444. The summed E-state index contributed by atoms with van der Waals surface area (Å²) in [6.45, 7) is 2.06. The van der Waals surface area contributed by atoms with E-state index in [2.05, 4.69) is 18.2 Å². The summed E-state index contributed by atoms with van der Waals surface area (Å²) in [7, 11) is 1.77. The van der Waals surface area contributed by atoms with E-state index in [9.17, 15) is 0 Å². The predicted octanol–water partition coefficient (Wildman–Crippen LogP) is 1.95. The lowest BCUT2D eigenvalue weighted by Crippen LogP contribution is -1.66. The van der Waals surface area contributed by atoms with Crippen molar-refractivity contribution in [2.24, 2.45) is 4.99 Å². The van der Waals surface area contributed by atoms with E-state index in [4.69, 9.17) is 0 Å². The van der Waals surface area contributed by atoms with Crippen LogP contribution in [0.2, 0.25) is 0 Å². The number of thioether (sulfide) groups is 1. The number of aliphatic imine (C=N–C) groups is 1. The molecule has 0 aliphatic rings. The Labute approximate surface area is 54.9 Å². The first kappa shape index (κ1) is 7.76. The lowest BCUT2D eigenvalue weighted by molar-refractivity contribution is 1.47. The molecule has 0 rings (SSSR count). The average molecular weight is 129 g/mol. The Bertz CT molecular complexity index is 105. The minimum absolute atomic E-state index is 1.29. The van der Waals surface area contributed by atoms with Crippen LogP contribution in [0.25, 0.3) is 0 Å². The van der Waals surface area contributed by atoms with Crippen LogP contribution >= 0.6 is 11.8 Å². The lowest BCUT2D eigenvalue weighted by Gasteiger charge is -1.86. The number of hydrogen-bond donors (Lipinski definition) is 0. The van der Waals surface area contributed by atoms with Crippen LogP contribution in [0.5, 0.6) is 0 Å². The predicted molar refractivity (Wildman–Crippen MR) is 41.7 cm³/mol. The highest BCUT2D eigenvalue weighted by Crippen LogP contribution is 2.06. The van der Waals surface area contributed by atoms with Gasteiger partial charge in [-0.2, -0.15) is 0 Å². The van der Waals surface area contributed by atoms with Gasteiger partial charge in [-0.1, -0.05) is 0 Å². The van der Waals surface area contributed by atoms with Crippen molar-refractivity contribution in [3.8, 4) is 0 Å². The first-order chi connectivity index (χ1) is 3.81. The van der Waals surface area contributed by atoms with E-state index in [1.54, 1.807) is 25.0 Å². The number of nitrogens with zero attached hydrogens (tertiary/aromatic N) is 1. The third-order valence-corrected chi connectivity index (χ3v) is 1.56. The van der Waals surface area contributed by atoms with Gasteiger partial charge in [0.1, 0.15) is 0 Å². The molecule has 0 atom stereocenters. The first-order valence-corrected chi connectivity index (χ1v) is 3.66. The van der Waals surface area contributed by atoms with Crippen molar-refractivity contribution in [1.82, 2.24) is 0 Å². The summed E-state index contributed by atoms with van der Waals surface area (Å²) in [6.07, 6.45) is 5.84. The van der Waals surface area contributed by atoms with E-state index in [-0.39, 0.29) is 0 Å². The van der Waals surface area contributed by atoms with Crippen molar-refractivity contribution in [1.29, 1.82) is 0 Å². The molecule has 0 saturated heterocycles. The Morgan fingerprint density at radius 3 is 2.62 bits per heavy atom. The second kappa shape index (κ2) is 4.91. The quantitative estimate of drug-likeness (QED) is 0.519. The highest BCUT2D eigenvalue weighted by atomic mass is 32.2. The van der Waals surface area contributed by atoms with Crippen molar-refractivity contribution in [2.75, 3.05) is 13.3 Å². The molecule has 8 heavy (non-hydrogen) atoms. The van der Waals surface area contributed by atoms with Gasteiger partial charge in [0.15, 0.2) is 0 Å². The zero-order valence-electron chi connectivity index (χ0n) is 5.51. The summed E-state index contributed by atoms with van der Waals surface area (Å²) in [5, 5.41) is 0. The van der Waals surface area contributed by atoms with Crippen LogP contribution in [0.1, 0.15) is 6.92 Å². The molecule has 46 valence electrons. The van der Waals surface area contributed by atoms with Crippen molar-refractivity contribution < 1.29 is 0 Å². The van der Waals surface area contributed by atoms with Crippen LogP contribution in [0.3, 0.4) is 0 Å². The van der Waals surface area contributed by atoms with E-state index in [1.807, 2.05) is 6.08 Å². The Morgan fingerprint density at radius 1 is 1.62 bits per heavy atom. The van der Waals surface area contributed by atoms with Crippen molar-refractivity contribution in [3.05, 3.63) is 11.0 Å². The highest BCUT2D eigenvalue weighted by Gasteiger charge is 1.76. The average Bonchev–Trinajstić information content (AvgIpc) is 1.83. The number of rotatable bonds is 2. The van der Waals surface area contributed by atoms with Gasteiger partial charge in [-0.15, -0.1) is 11.8 Å². The third-order valence-electron chi connectivity index (χ3n) is 0.780. The van der Waals surface area contributed by atoms with Gasteiger partial charge in [-0.3, -0.25) is 4.99 Å². The number of hydrogen-bond acceptors (Lipinski definition) is 2. The van der Waals surface area contributed by atoms with E-state index in [1.165, 1.54) is 4.91 Å². The second-order valence-corrected chi connectivity index (χ2v) is 2.44. The molecule has 1 nitrogen and oxygen atoms in total. The topological polar surface area (TPSA) is 12.4 Å². The summed E-state index contributed by atoms with van der Waals surface area (Å²) in [6, 6.07) is 0. The van der Waals surface area contributed by atoms with Gasteiger partial charge >= 0.3 is 0 Å². The molecular weight excluding hydrogens is 118 g/mol. The maximum atomic E-state index is 3.81.